The molecule has 0 radical (unpaired) electrons. The van der Waals surface area contributed by atoms with Crippen LogP contribution in [0.3, 0.4) is 0 Å². The lowest BCUT2D eigenvalue weighted by molar-refractivity contribution is 0.393. The van der Waals surface area contributed by atoms with Crippen molar-refractivity contribution in [3.05, 3.63) is 148 Å². The molecule has 0 aliphatic heterocycles. The molecule has 0 spiro atoms. The molecule has 7 rings (SSSR count). The Kier molecular flexibility index (Phi) is 5.82. The van der Waals surface area contributed by atoms with Crippen molar-refractivity contribution in [3.63, 3.8) is 0 Å². The largest absolute Gasteiger partial charge is 0.226 e. The maximum atomic E-state index is 6.50. The van der Waals surface area contributed by atoms with Crippen LogP contribution in [0.15, 0.2) is 109 Å². The summed E-state index contributed by atoms with van der Waals surface area (Å²) in [7, 11) is 0. The van der Waals surface area contributed by atoms with E-state index >= 15 is 0 Å². The summed E-state index contributed by atoms with van der Waals surface area (Å²) in [5.41, 5.74) is 7.65. The van der Waals surface area contributed by atoms with Crippen molar-refractivity contribution >= 4 is 22.7 Å². The minimum atomic E-state index is -0.292. The standard InChI is InChI=1S/C34H28ClN3/c35-33-37-31(23-12-4-1-5-13-23)36-32(38-33)24-20-21-28-27-18-10-11-19-29(27)34(30(28)22-24,25-14-6-2-7-15-25)26-16-8-3-9-17-26/h1-4,6-12,14-19,21,24,30H,5,13,20,22H2. The average molecular weight is 514 g/mol. The topological polar surface area (TPSA) is 38.7 Å². The maximum absolute atomic E-state index is 6.50. The van der Waals surface area contributed by atoms with Gasteiger partial charge in [0.1, 0.15) is 5.82 Å². The first-order valence-electron chi connectivity index (χ1n) is 13.4. The lowest BCUT2D eigenvalue weighted by atomic mass is 9.61. The second kappa shape index (κ2) is 9.49. The summed E-state index contributed by atoms with van der Waals surface area (Å²) in [4.78, 5) is 14.2. The summed E-state index contributed by atoms with van der Waals surface area (Å²) in [6, 6.07) is 31.0. The van der Waals surface area contributed by atoms with E-state index in [1.807, 2.05) is 0 Å². The quantitative estimate of drug-likeness (QED) is 0.276. The minimum Gasteiger partial charge on any atom is -0.213 e. The predicted octanol–water partition coefficient (Wildman–Crippen LogP) is 8.18. The Hall–Kier alpha value is -3.82. The Morgan fingerprint density at radius 1 is 0.789 bits per heavy atom. The van der Waals surface area contributed by atoms with Crippen molar-refractivity contribution in [1.82, 2.24) is 15.0 Å². The van der Waals surface area contributed by atoms with Crippen molar-refractivity contribution in [2.75, 3.05) is 0 Å². The Labute approximate surface area is 228 Å². The number of nitrogens with zero attached hydrogens (tertiary/aromatic N) is 3. The zero-order valence-corrected chi connectivity index (χ0v) is 21.9. The number of hydrogen-bond acceptors (Lipinski definition) is 3. The molecule has 4 heteroatoms. The number of fused-ring (bicyclic) bond motifs is 3. The van der Waals surface area contributed by atoms with E-state index in [4.69, 9.17) is 16.6 Å². The van der Waals surface area contributed by atoms with E-state index in [9.17, 15) is 0 Å². The van der Waals surface area contributed by atoms with Crippen LogP contribution in [-0.2, 0) is 5.41 Å². The number of rotatable bonds is 4. The molecule has 0 saturated heterocycles. The van der Waals surface area contributed by atoms with Crippen molar-refractivity contribution in [1.29, 1.82) is 0 Å². The molecule has 186 valence electrons. The van der Waals surface area contributed by atoms with E-state index in [2.05, 4.69) is 119 Å². The van der Waals surface area contributed by atoms with Crippen molar-refractivity contribution < 1.29 is 0 Å². The molecule has 4 aromatic rings. The van der Waals surface area contributed by atoms with Gasteiger partial charge in [-0.25, -0.2) is 9.97 Å². The summed E-state index contributed by atoms with van der Waals surface area (Å²) in [5, 5.41) is 0.280. The van der Waals surface area contributed by atoms with Crippen LogP contribution in [0.1, 0.15) is 65.5 Å². The van der Waals surface area contributed by atoms with Crippen LogP contribution in [0, 0.1) is 5.92 Å². The normalized spacial score (nSPS) is 21.3. The summed E-state index contributed by atoms with van der Waals surface area (Å²) < 4.78 is 0. The third kappa shape index (κ3) is 3.68. The predicted molar refractivity (Wildman–Crippen MR) is 154 cm³/mol. The Balaban J connectivity index is 1.39. The third-order valence-electron chi connectivity index (χ3n) is 8.45. The lowest BCUT2D eigenvalue weighted by Gasteiger charge is -2.41. The molecular weight excluding hydrogens is 486 g/mol. The molecule has 38 heavy (non-hydrogen) atoms. The van der Waals surface area contributed by atoms with Gasteiger partial charge in [-0.2, -0.15) is 4.98 Å². The van der Waals surface area contributed by atoms with Crippen LogP contribution in [0.4, 0.5) is 0 Å². The van der Waals surface area contributed by atoms with Gasteiger partial charge in [0.05, 0.1) is 5.41 Å². The molecule has 1 heterocycles. The average Bonchev–Trinajstić information content (AvgIpc) is 3.29. The van der Waals surface area contributed by atoms with E-state index < -0.39 is 0 Å². The highest BCUT2D eigenvalue weighted by Crippen LogP contribution is 2.61. The van der Waals surface area contributed by atoms with Crippen molar-refractivity contribution in [2.24, 2.45) is 5.92 Å². The fourth-order valence-electron chi connectivity index (χ4n) is 6.87. The van der Waals surface area contributed by atoms with Crippen LogP contribution < -0.4 is 0 Å². The molecule has 0 bridgehead atoms. The lowest BCUT2D eigenvalue weighted by Crippen LogP contribution is -2.36. The molecule has 2 unspecified atom stereocenters. The van der Waals surface area contributed by atoms with Gasteiger partial charge < -0.3 is 0 Å². The summed E-state index contributed by atoms with van der Waals surface area (Å²) >= 11 is 6.50. The molecule has 0 amide bonds. The number of halogens is 1. The highest BCUT2D eigenvalue weighted by atomic mass is 35.5. The highest BCUT2D eigenvalue weighted by Gasteiger charge is 2.53. The maximum Gasteiger partial charge on any atom is 0.226 e. The fourth-order valence-corrected chi connectivity index (χ4v) is 7.03. The molecule has 3 aliphatic carbocycles. The number of allylic oxidation sites excluding steroid dienone is 6. The van der Waals surface area contributed by atoms with E-state index in [1.165, 1.54) is 27.8 Å². The van der Waals surface area contributed by atoms with E-state index in [1.54, 1.807) is 0 Å². The fraction of sp³-hybridized carbons (Fsp3) is 0.206. The molecule has 0 N–H and O–H groups in total. The first-order valence-corrected chi connectivity index (χ1v) is 13.8. The van der Waals surface area contributed by atoms with Crippen LogP contribution >= 0.6 is 11.6 Å². The molecule has 3 nitrogen and oxygen atoms in total. The number of hydrogen-bond donors (Lipinski definition) is 0. The first kappa shape index (κ1) is 23.3. The molecule has 3 aliphatic rings. The molecule has 0 fully saturated rings. The van der Waals surface area contributed by atoms with Crippen LogP contribution in [0.2, 0.25) is 5.28 Å². The molecule has 2 atom stereocenters. The SMILES string of the molecule is Clc1nc(C2=CC=CCC2)nc(C2CC=C3c4ccccc4C(c4ccccc4)(c4ccccc4)C3C2)n1. The molecule has 0 saturated carbocycles. The Morgan fingerprint density at radius 3 is 2.21 bits per heavy atom. The Morgan fingerprint density at radius 2 is 1.50 bits per heavy atom. The van der Waals surface area contributed by atoms with Gasteiger partial charge in [-0.3, -0.25) is 0 Å². The van der Waals surface area contributed by atoms with Crippen molar-refractivity contribution in [2.45, 2.75) is 37.0 Å². The second-order valence-electron chi connectivity index (χ2n) is 10.4. The van der Waals surface area contributed by atoms with Crippen LogP contribution in [0.5, 0.6) is 0 Å². The minimum absolute atomic E-state index is 0.156. The van der Waals surface area contributed by atoms with Gasteiger partial charge in [0.2, 0.25) is 5.28 Å². The highest BCUT2D eigenvalue weighted by molar-refractivity contribution is 6.28. The molecule has 3 aromatic carbocycles. The summed E-state index contributed by atoms with van der Waals surface area (Å²) in [6.07, 6.45) is 12.5. The van der Waals surface area contributed by atoms with E-state index in [-0.39, 0.29) is 22.5 Å². The van der Waals surface area contributed by atoms with Gasteiger partial charge in [0, 0.05) is 11.8 Å². The van der Waals surface area contributed by atoms with Gasteiger partial charge in [0.15, 0.2) is 5.82 Å². The van der Waals surface area contributed by atoms with Gasteiger partial charge in [-0.1, -0.05) is 109 Å². The number of aromatic nitrogens is 3. The third-order valence-corrected chi connectivity index (χ3v) is 8.62. The molecule has 1 aromatic heterocycles. The van der Waals surface area contributed by atoms with E-state index in [0.717, 1.165) is 37.1 Å². The van der Waals surface area contributed by atoms with Gasteiger partial charge in [-0.15, -0.1) is 0 Å². The summed E-state index contributed by atoms with van der Waals surface area (Å²) in [5.74, 6) is 1.92. The first-order chi connectivity index (χ1) is 18.7. The summed E-state index contributed by atoms with van der Waals surface area (Å²) in [6.45, 7) is 0. The molecular formula is C34H28ClN3. The van der Waals surface area contributed by atoms with Crippen LogP contribution in [-0.4, -0.2) is 15.0 Å². The smallest absolute Gasteiger partial charge is 0.213 e. The van der Waals surface area contributed by atoms with Gasteiger partial charge in [0.25, 0.3) is 0 Å². The van der Waals surface area contributed by atoms with E-state index in [0.29, 0.717) is 5.82 Å². The monoisotopic (exact) mass is 513 g/mol. The number of benzene rings is 3. The second-order valence-corrected chi connectivity index (χ2v) is 10.7. The zero-order valence-electron chi connectivity index (χ0n) is 21.1. The van der Waals surface area contributed by atoms with Crippen molar-refractivity contribution in [3.8, 4) is 0 Å². The Bertz CT molecular complexity index is 1550. The zero-order chi connectivity index (χ0) is 25.5. The van der Waals surface area contributed by atoms with Gasteiger partial charge >= 0.3 is 0 Å². The van der Waals surface area contributed by atoms with Gasteiger partial charge in [-0.05, 0) is 70.7 Å². The van der Waals surface area contributed by atoms with Crippen LogP contribution in [0.25, 0.3) is 11.1 Å².